The number of aromatic nitrogens is 2. The summed E-state index contributed by atoms with van der Waals surface area (Å²) in [6.45, 7) is 1.85. The summed E-state index contributed by atoms with van der Waals surface area (Å²) < 4.78 is 6.76. The number of nitrogens with one attached hydrogen (secondary N) is 1. The number of carbonyl (C=O) groups excluding carboxylic acids is 1. The Morgan fingerprint density at radius 2 is 1.70 bits per heavy atom. The topological polar surface area (TPSA) is 85.6 Å². The standard InChI is InChI=1S/C29H24N4O3S/c1-19(21-12-11-20-7-3-4-8-22(20)17-21)31-32-27(34)18-37-29-30-26-10-6-5-9-25(26)28(35)33(29)23-13-15-24(36-2)16-14-23/h3-17H,18H2,1-2H3,(H,32,34). The first-order chi connectivity index (χ1) is 18.0. The van der Waals surface area contributed by atoms with E-state index in [-0.39, 0.29) is 17.2 Å². The SMILES string of the molecule is COc1ccc(-n2c(SCC(=O)NN=C(C)c3ccc4ccccc4c3)nc3ccccc3c2=O)cc1. The van der Waals surface area contributed by atoms with Crippen LogP contribution in [0, 0.1) is 0 Å². The number of benzene rings is 4. The van der Waals surface area contributed by atoms with E-state index in [1.165, 1.54) is 16.3 Å². The van der Waals surface area contributed by atoms with Crippen molar-refractivity contribution in [2.75, 3.05) is 12.9 Å². The summed E-state index contributed by atoms with van der Waals surface area (Å²) in [5.74, 6) is 0.419. The number of rotatable bonds is 7. The van der Waals surface area contributed by atoms with Crippen molar-refractivity contribution in [2.45, 2.75) is 12.1 Å². The van der Waals surface area contributed by atoms with Crippen molar-refractivity contribution >= 4 is 45.1 Å². The van der Waals surface area contributed by atoms with Crippen LogP contribution in [-0.2, 0) is 4.79 Å². The van der Waals surface area contributed by atoms with Crippen LogP contribution in [0.15, 0.2) is 106 Å². The van der Waals surface area contributed by atoms with Gasteiger partial charge >= 0.3 is 0 Å². The van der Waals surface area contributed by atoms with Crippen LogP contribution in [0.4, 0.5) is 0 Å². The van der Waals surface area contributed by atoms with E-state index in [1.54, 1.807) is 49.6 Å². The van der Waals surface area contributed by atoms with E-state index in [0.29, 0.717) is 33.2 Å². The molecule has 0 unspecified atom stereocenters. The summed E-state index contributed by atoms with van der Waals surface area (Å²) in [5.41, 5.74) is 5.25. The molecule has 1 heterocycles. The van der Waals surface area contributed by atoms with Crippen molar-refractivity contribution in [1.82, 2.24) is 15.0 Å². The van der Waals surface area contributed by atoms with E-state index in [1.807, 2.05) is 49.4 Å². The van der Waals surface area contributed by atoms with Crippen molar-refractivity contribution in [2.24, 2.45) is 5.10 Å². The molecule has 0 bridgehead atoms. The number of thioether (sulfide) groups is 1. The van der Waals surface area contributed by atoms with Gasteiger partial charge in [0.1, 0.15) is 5.75 Å². The zero-order chi connectivity index (χ0) is 25.8. The Morgan fingerprint density at radius 3 is 2.49 bits per heavy atom. The first kappa shape index (κ1) is 24.3. The van der Waals surface area contributed by atoms with Gasteiger partial charge in [0.25, 0.3) is 11.5 Å². The molecule has 0 spiro atoms. The van der Waals surface area contributed by atoms with Crippen molar-refractivity contribution in [3.05, 3.63) is 107 Å². The molecule has 0 fully saturated rings. The summed E-state index contributed by atoms with van der Waals surface area (Å²) in [5, 5.41) is 7.45. The number of fused-ring (bicyclic) bond motifs is 2. The molecule has 37 heavy (non-hydrogen) atoms. The molecule has 5 aromatic rings. The van der Waals surface area contributed by atoms with E-state index < -0.39 is 0 Å². The monoisotopic (exact) mass is 508 g/mol. The van der Waals surface area contributed by atoms with Crippen LogP contribution in [0.2, 0.25) is 0 Å². The molecule has 0 radical (unpaired) electrons. The number of hydrogen-bond acceptors (Lipinski definition) is 6. The zero-order valence-corrected chi connectivity index (χ0v) is 21.2. The maximum atomic E-state index is 13.4. The van der Waals surface area contributed by atoms with Gasteiger partial charge in [0, 0.05) is 0 Å². The van der Waals surface area contributed by atoms with Crippen LogP contribution in [-0.4, -0.2) is 34.0 Å². The summed E-state index contributed by atoms with van der Waals surface area (Å²) in [6.07, 6.45) is 0. The van der Waals surface area contributed by atoms with Gasteiger partial charge in [0.15, 0.2) is 5.16 Å². The minimum absolute atomic E-state index is 0.0371. The van der Waals surface area contributed by atoms with Crippen LogP contribution in [0.25, 0.3) is 27.4 Å². The minimum Gasteiger partial charge on any atom is -0.497 e. The fourth-order valence-electron chi connectivity index (χ4n) is 3.96. The van der Waals surface area contributed by atoms with Crippen LogP contribution in [0.3, 0.4) is 0 Å². The third kappa shape index (κ3) is 5.24. The zero-order valence-electron chi connectivity index (χ0n) is 20.3. The average Bonchev–Trinajstić information content (AvgIpc) is 2.94. The lowest BCUT2D eigenvalue weighted by atomic mass is 10.0. The molecule has 184 valence electrons. The number of ether oxygens (including phenoxy) is 1. The normalized spacial score (nSPS) is 11.6. The second-order valence-corrected chi connectivity index (χ2v) is 9.28. The molecular formula is C29H24N4O3S. The first-order valence-electron chi connectivity index (χ1n) is 11.6. The van der Waals surface area contributed by atoms with Gasteiger partial charge in [-0.1, -0.05) is 60.3 Å². The number of hydrogen-bond donors (Lipinski definition) is 1. The van der Waals surface area contributed by atoms with Crippen molar-refractivity contribution in [3.63, 3.8) is 0 Å². The van der Waals surface area contributed by atoms with Gasteiger partial charge in [-0.3, -0.25) is 14.2 Å². The van der Waals surface area contributed by atoms with Gasteiger partial charge in [-0.05, 0) is 65.7 Å². The number of carbonyl (C=O) groups is 1. The fraction of sp³-hybridized carbons (Fsp3) is 0.103. The summed E-state index contributed by atoms with van der Waals surface area (Å²) >= 11 is 1.18. The van der Waals surface area contributed by atoms with Crippen LogP contribution in [0.1, 0.15) is 12.5 Å². The smallest absolute Gasteiger partial charge is 0.266 e. The Kier molecular flexibility index (Phi) is 7.00. The molecule has 0 saturated carbocycles. The number of amides is 1. The molecular weight excluding hydrogens is 484 g/mol. The molecule has 8 heteroatoms. The number of nitrogens with zero attached hydrogens (tertiary/aromatic N) is 3. The molecule has 0 aliphatic carbocycles. The van der Waals surface area contributed by atoms with E-state index >= 15 is 0 Å². The number of para-hydroxylation sites is 1. The third-order valence-electron chi connectivity index (χ3n) is 5.92. The highest BCUT2D eigenvalue weighted by Crippen LogP contribution is 2.23. The van der Waals surface area contributed by atoms with Gasteiger partial charge in [-0.15, -0.1) is 0 Å². The number of hydrazone groups is 1. The Bertz CT molecular complexity index is 1690. The van der Waals surface area contributed by atoms with E-state index in [4.69, 9.17) is 4.74 Å². The lowest BCUT2D eigenvalue weighted by molar-refractivity contribution is -0.118. The molecule has 1 amide bonds. The van der Waals surface area contributed by atoms with Crippen molar-refractivity contribution < 1.29 is 9.53 Å². The number of methoxy groups -OCH3 is 1. The lowest BCUT2D eigenvalue weighted by Crippen LogP contribution is -2.24. The second-order valence-electron chi connectivity index (χ2n) is 8.33. The Balaban J connectivity index is 1.37. The average molecular weight is 509 g/mol. The highest BCUT2D eigenvalue weighted by Gasteiger charge is 2.15. The molecule has 5 rings (SSSR count). The third-order valence-corrected chi connectivity index (χ3v) is 6.86. The Labute approximate surface area is 217 Å². The van der Waals surface area contributed by atoms with Gasteiger partial charge < -0.3 is 4.74 Å². The lowest BCUT2D eigenvalue weighted by Gasteiger charge is -2.13. The predicted molar refractivity (Wildman–Crippen MR) is 149 cm³/mol. The van der Waals surface area contributed by atoms with Gasteiger partial charge in [-0.2, -0.15) is 5.10 Å². The van der Waals surface area contributed by atoms with E-state index in [9.17, 15) is 9.59 Å². The first-order valence-corrected chi connectivity index (χ1v) is 12.6. The summed E-state index contributed by atoms with van der Waals surface area (Å²) in [7, 11) is 1.59. The summed E-state index contributed by atoms with van der Waals surface area (Å²) in [6, 6.07) is 28.5. The van der Waals surface area contributed by atoms with E-state index in [2.05, 4.69) is 21.6 Å². The summed E-state index contributed by atoms with van der Waals surface area (Å²) in [4.78, 5) is 30.7. The fourth-order valence-corrected chi connectivity index (χ4v) is 4.76. The van der Waals surface area contributed by atoms with Crippen LogP contribution >= 0.6 is 11.8 Å². The van der Waals surface area contributed by atoms with Gasteiger partial charge in [0.2, 0.25) is 0 Å². The quantitative estimate of drug-likeness (QED) is 0.142. The predicted octanol–water partition coefficient (Wildman–Crippen LogP) is 5.18. The van der Waals surface area contributed by atoms with Crippen LogP contribution in [0.5, 0.6) is 5.75 Å². The van der Waals surface area contributed by atoms with Crippen molar-refractivity contribution in [1.29, 1.82) is 0 Å². The highest BCUT2D eigenvalue weighted by atomic mass is 32.2. The maximum absolute atomic E-state index is 13.4. The molecule has 1 aromatic heterocycles. The molecule has 1 N–H and O–H groups in total. The Hall–Kier alpha value is -4.43. The second kappa shape index (κ2) is 10.7. The molecule has 0 aliphatic rings. The maximum Gasteiger partial charge on any atom is 0.266 e. The molecule has 0 saturated heterocycles. The largest absolute Gasteiger partial charge is 0.497 e. The van der Waals surface area contributed by atoms with Crippen molar-refractivity contribution in [3.8, 4) is 11.4 Å². The Morgan fingerprint density at radius 1 is 0.973 bits per heavy atom. The molecule has 7 nitrogen and oxygen atoms in total. The highest BCUT2D eigenvalue weighted by molar-refractivity contribution is 7.99. The van der Waals surface area contributed by atoms with Crippen LogP contribution < -0.4 is 15.7 Å². The van der Waals surface area contributed by atoms with Gasteiger partial charge in [-0.25, -0.2) is 10.4 Å². The molecule has 0 aliphatic heterocycles. The molecule has 4 aromatic carbocycles. The van der Waals surface area contributed by atoms with Gasteiger partial charge in [0.05, 0.1) is 35.2 Å². The van der Waals surface area contributed by atoms with E-state index in [0.717, 1.165) is 16.3 Å². The minimum atomic E-state index is -0.297. The molecule has 0 atom stereocenters.